The summed E-state index contributed by atoms with van der Waals surface area (Å²) < 4.78 is 1.08. The van der Waals surface area contributed by atoms with E-state index in [1.165, 1.54) is 5.56 Å². The highest BCUT2D eigenvalue weighted by molar-refractivity contribution is 9.10. The fourth-order valence-electron chi connectivity index (χ4n) is 2.43. The van der Waals surface area contributed by atoms with E-state index in [4.69, 9.17) is 5.73 Å². The van der Waals surface area contributed by atoms with Crippen LogP contribution in [0.2, 0.25) is 0 Å². The highest BCUT2D eigenvalue weighted by atomic mass is 79.9. The molecule has 1 aliphatic carbocycles. The second kappa shape index (κ2) is 7.88. The predicted octanol–water partition coefficient (Wildman–Crippen LogP) is 2.66. The summed E-state index contributed by atoms with van der Waals surface area (Å²) in [5.74, 6) is 0.145. The van der Waals surface area contributed by atoms with Crippen LogP contribution >= 0.6 is 28.3 Å². The van der Waals surface area contributed by atoms with Crippen LogP contribution in [0.15, 0.2) is 28.7 Å². The van der Waals surface area contributed by atoms with Gasteiger partial charge in [-0.2, -0.15) is 0 Å². The van der Waals surface area contributed by atoms with Crippen LogP contribution in [0.1, 0.15) is 24.8 Å². The van der Waals surface area contributed by atoms with Gasteiger partial charge in [-0.05, 0) is 37.0 Å². The molecule has 0 bridgehead atoms. The van der Waals surface area contributed by atoms with Crippen molar-refractivity contribution in [1.29, 1.82) is 0 Å². The molecule has 1 aromatic rings. The molecule has 0 aromatic heterocycles. The van der Waals surface area contributed by atoms with Crippen LogP contribution in [0.4, 0.5) is 0 Å². The minimum Gasteiger partial charge on any atom is -0.355 e. The van der Waals surface area contributed by atoms with Crippen LogP contribution in [-0.2, 0) is 11.2 Å². The lowest BCUT2D eigenvalue weighted by molar-refractivity contribution is -0.125. The van der Waals surface area contributed by atoms with Gasteiger partial charge in [0.1, 0.15) is 0 Å². The lowest BCUT2D eigenvalue weighted by Crippen LogP contribution is -2.39. The smallest absolute Gasteiger partial charge is 0.224 e. The Morgan fingerprint density at radius 3 is 2.58 bits per heavy atom. The van der Waals surface area contributed by atoms with Crippen LogP contribution in [-0.4, -0.2) is 18.5 Å². The number of nitrogens with one attached hydrogen (secondary N) is 1. The van der Waals surface area contributed by atoms with Gasteiger partial charge in [0, 0.05) is 17.1 Å². The van der Waals surface area contributed by atoms with Crippen molar-refractivity contribution >= 4 is 34.2 Å². The summed E-state index contributed by atoms with van der Waals surface area (Å²) in [6, 6.07) is 8.22. The average Bonchev–Trinajstić information content (AvgIpc) is 2.78. The monoisotopic (exact) mass is 346 g/mol. The number of carbonyl (C=O) groups excluding carboxylic acids is 1. The Kier molecular flexibility index (Phi) is 6.83. The number of halogens is 2. The molecule has 1 fully saturated rings. The molecule has 0 heterocycles. The number of nitrogens with two attached hydrogens (primary N) is 1. The minimum absolute atomic E-state index is 0. The number of amides is 1. The molecule has 106 valence electrons. The maximum absolute atomic E-state index is 11.9. The number of hydrogen-bond donors (Lipinski definition) is 2. The standard InChI is InChI=1S/C14H19BrN2O.ClH/c15-11-6-4-10(5-7-11)8-9-17-14(18)12-2-1-3-13(12)16;/h4-7,12-13H,1-3,8-9,16H2,(H,17,18);1H. The van der Waals surface area contributed by atoms with Gasteiger partial charge >= 0.3 is 0 Å². The third-order valence-electron chi connectivity index (χ3n) is 3.53. The molecule has 0 saturated heterocycles. The molecule has 2 unspecified atom stereocenters. The van der Waals surface area contributed by atoms with Gasteiger partial charge in [0.15, 0.2) is 0 Å². The van der Waals surface area contributed by atoms with Crippen LogP contribution in [0.25, 0.3) is 0 Å². The summed E-state index contributed by atoms with van der Waals surface area (Å²) >= 11 is 3.40. The Labute approximate surface area is 128 Å². The Morgan fingerprint density at radius 2 is 2.00 bits per heavy atom. The zero-order valence-corrected chi connectivity index (χ0v) is 13.2. The summed E-state index contributed by atoms with van der Waals surface area (Å²) in [6.07, 6.45) is 3.85. The molecule has 1 aromatic carbocycles. The fourth-order valence-corrected chi connectivity index (χ4v) is 2.69. The van der Waals surface area contributed by atoms with E-state index in [0.717, 1.165) is 30.2 Å². The molecule has 5 heteroatoms. The molecular weight excluding hydrogens is 328 g/mol. The van der Waals surface area contributed by atoms with E-state index < -0.39 is 0 Å². The topological polar surface area (TPSA) is 55.1 Å². The average molecular weight is 348 g/mol. The van der Waals surface area contributed by atoms with Crippen molar-refractivity contribution in [3.63, 3.8) is 0 Å². The van der Waals surface area contributed by atoms with E-state index in [1.807, 2.05) is 12.1 Å². The van der Waals surface area contributed by atoms with Crippen LogP contribution in [0, 0.1) is 5.92 Å². The maximum Gasteiger partial charge on any atom is 0.224 e. The Morgan fingerprint density at radius 1 is 1.32 bits per heavy atom. The van der Waals surface area contributed by atoms with E-state index in [9.17, 15) is 4.79 Å². The first-order valence-corrected chi connectivity index (χ1v) is 7.24. The molecule has 3 nitrogen and oxygen atoms in total. The second-order valence-corrected chi connectivity index (χ2v) is 5.78. The van der Waals surface area contributed by atoms with Gasteiger partial charge in [0.2, 0.25) is 5.91 Å². The summed E-state index contributed by atoms with van der Waals surface area (Å²) in [7, 11) is 0. The Hall–Kier alpha value is -0.580. The highest BCUT2D eigenvalue weighted by Crippen LogP contribution is 2.23. The van der Waals surface area contributed by atoms with Crippen molar-refractivity contribution in [1.82, 2.24) is 5.32 Å². The number of rotatable bonds is 4. The molecule has 3 N–H and O–H groups in total. The molecule has 0 aliphatic heterocycles. The SMILES string of the molecule is Cl.NC1CCCC1C(=O)NCCc1ccc(Br)cc1. The molecule has 1 amide bonds. The first-order chi connectivity index (χ1) is 8.66. The molecule has 0 radical (unpaired) electrons. The van der Waals surface area contributed by atoms with Crippen LogP contribution in [0.5, 0.6) is 0 Å². The van der Waals surface area contributed by atoms with Crippen molar-refractivity contribution in [2.24, 2.45) is 11.7 Å². The fraction of sp³-hybridized carbons (Fsp3) is 0.500. The van der Waals surface area contributed by atoms with Gasteiger partial charge in [0.05, 0.1) is 5.92 Å². The van der Waals surface area contributed by atoms with E-state index in [2.05, 4.69) is 33.4 Å². The molecule has 2 rings (SSSR count). The summed E-state index contributed by atoms with van der Waals surface area (Å²) in [4.78, 5) is 11.9. The third-order valence-corrected chi connectivity index (χ3v) is 4.06. The van der Waals surface area contributed by atoms with Gasteiger partial charge in [-0.1, -0.05) is 34.5 Å². The molecule has 0 spiro atoms. The van der Waals surface area contributed by atoms with Crippen molar-refractivity contribution in [2.45, 2.75) is 31.7 Å². The minimum atomic E-state index is 0. The summed E-state index contributed by atoms with van der Waals surface area (Å²) in [6.45, 7) is 0.684. The number of carbonyl (C=O) groups is 1. The van der Waals surface area contributed by atoms with E-state index in [1.54, 1.807) is 0 Å². The third kappa shape index (κ3) is 4.79. The quantitative estimate of drug-likeness (QED) is 0.880. The lowest BCUT2D eigenvalue weighted by atomic mass is 10.0. The second-order valence-electron chi connectivity index (χ2n) is 4.87. The molecule has 1 saturated carbocycles. The van der Waals surface area contributed by atoms with Gasteiger partial charge in [-0.15, -0.1) is 12.4 Å². The molecule has 2 atom stereocenters. The first-order valence-electron chi connectivity index (χ1n) is 6.44. The predicted molar refractivity (Wildman–Crippen MR) is 83.4 cm³/mol. The molecular formula is C14H20BrClN2O. The lowest BCUT2D eigenvalue weighted by Gasteiger charge is -2.15. The van der Waals surface area contributed by atoms with Gasteiger partial charge in [-0.3, -0.25) is 4.79 Å². The summed E-state index contributed by atoms with van der Waals surface area (Å²) in [5, 5.41) is 2.99. The number of benzene rings is 1. The summed E-state index contributed by atoms with van der Waals surface area (Å²) in [5.41, 5.74) is 7.14. The van der Waals surface area contributed by atoms with Crippen molar-refractivity contribution in [2.75, 3.05) is 6.54 Å². The normalized spacial score (nSPS) is 21.8. The Balaban J connectivity index is 0.00000180. The van der Waals surface area contributed by atoms with Crippen LogP contribution < -0.4 is 11.1 Å². The van der Waals surface area contributed by atoms with Gasteiger partial charge in [-0.25, -0.2) is 0 Å². The van der Waals surface area contributed by atoms with E-state index in [-0.39, 0.29) is 30.3 Å². The van der Waals surface area contributed by atoms with Crippen molar-refractivity contribution < 1.29 is 4.79 Å². The van der Waals surface area contributed by atoms with Gasteiger partial charge < -0.3 is 11.1 Å². The zero-order chi connectivity index (χ0) is 13.0. The van der Waals surface area contributed by atoms with Crippen molar-refractivity contribution in [3.05, 3.63) is 34.3 Å². The Bertz CT molecular complexity index is 410. The van der Waals surface area contributed by atoms with Crippen LogP contribution in [0.3, 0.4) is 0 Å². The van der Waals surface area contributed by atoms with Gasteiger partial charge in [0.25, 0.3) is 0 Å². The van der Waals surface area contributed by atoms with E-state index in [0.29, 0.717) is 6.54 Å². The zero-order valence-electron chi connectivity index (χ0n) is 10.8. The maximum atomic E-state index is 11.9. The number of hydrogen-bond acceptors (Lipinski definition) is 2. The molecule has 1 aliphatic rings. The highest BCUT2D eigenvalue weighted by Gasteiger charge is 2.29. The van der Waals surface area contributed by atoms with E-state index >= 15 is 0 Å². The molecule has 19 heavy (non-hydrogen) atoms. The largest absolute Gasteiger partial charge is 0.355 e. The van der Waals surface area contributed by atoms with Crippen molar-refractivity contribution in [3.8, 4) is 0 Å². The first kappa shape index (κ1) is 16.5.